The quantitative estimate of drug-likeness (QED) is 0.530. The lowest BCUT2D eigenvalue weighted by Crippen LogP contribution is -2.00. The molecule has 4 heteroatoms. The van der Waals surface area contributed by atoms with Gasteiger partial charge in [-0.3, -0.25) is 15.1 Å². The monoisotopic (exact) mass is 212 g/mol. The van der Waals surface area contributed by atoms with Gasteiger partial charge in [0.1, 0.15) is 0 Å². The third kappa shape index (κ3) is 1.13. The third-order valence-electron chi connectivity index (χ3n) is 2.76. The fourth-order valence-corrected chi connectivity index (χ4v) is 2.08. The van der Waals surface area contributed by atoms with Crippen molar-refractivity contribution in [1.29, 1.82) is 0 Å². The topological polar surface area (TPSA) is 55.5 Å². The van der Waals surface area contributed by atoms with Crippen molar-refractivity contribution in [3.05, 3.63) is 52.1 Å². The molecular formula is C12H8N2O2. The summed E-state index contributed by atoms with van der Waals surface area (Å²) in [6, 6.07) is 5.01. The van der Waals surface area contributed by atoms with Crippen molar-refractivity contribution < 1.29 is 4.92 Å². The van der Waals surface area contributed by atoms with Gasteiger partial charge in [0.05, 0.1) is 21.9 Å². The van der Waals surface area contributed by atoms with Gasteiger partial charge in [-0.05, 0) is 6.07 Å². The van der Waals surface area contributed by atoms with Crippen LogP contribution < -0.4 is 0 Å². The van der Waals surface area contributed by atoms with Crippen LogP contribution in [0.5, 0.6) is 0 Å². The number of benzene rings is 1. The van der Waals surface area contributed by atoms with Gasteiger partial charge < -0.3 is 0 Å². The summed E-state index contributed by atoms with van der Waals surface area (Å²) in [6.07, 6.45) is 6.55. The molecule has 0 N–H and O–H groups in total. The zero-order chi connectivity index (χ0) is 11.1. The van der Waals surface area contributed by atoms with E-state index in [1.54, 1.807) is 6.07 Å². The Morgan fingerprint density at radius 2 is 2.25 bits per heavy atom. The summed E-state index contributed by atoms with van der Waals surface area (Å²) in [6.45, 7) is 0. The number of allylic oxidation sites excluding steroid dienone is 4. The van der Waals surface area contributed by atoms with Crippen LogP contribution >= 0.6 is 0 Å². The van der Waals surface area contributed by atoms with Crippen LogP contribution in [0.1, 0.15) is 12.0 Å². The van der Waals surface area contributed by atoms with Crippen molar-refractivity contribution in [2.75, 3.05) is 0 Å². The lowest BCUT2D eigenvalue weighted by molar-refractivity contribution is -0.385. The Hall–Kier alpha value is -2.23. The second-order valence-electron chi connectivity index (χ2n) is 3.70. The van der Waals surface area contributed by atoms with Gasteiger partial charge in [0, 0.05) is 18.1 Å². The molecule has 1 heterocycles. The predicted molar refractivity (Wildman–Crippen MR) is 61.9 cm³/mol. The van der Waals surface area contributed by atoms with E-state index in [2.05, 4.69) is 4.99 Å². The fraction of sp³-hybridized carbons (Fsp3) is 0.0833. The van der Waals surface area contributed by atoms with E-state index in [9.17, 15) is 10.1 Å². The average molecular weight is 212 g/mol. The molecular weight excluding hydrogens is 204 g/mol. The smallest absolute Gasteiger partial charge is 0.258 e. The maximum absolute atomic E-state index is 10.9. The van der Waals surface area contributed by atoms with Crippen molar-refractivity contribution in [1.82, 2.24) is 0 Å². The van der Waals surface area contributed by atoms with Gasteiger partial charge in [0.25, 0.3) is 5.69 Å². The van der Waals surface area contributed by atoms with Gasteiger partial charge >= 0.3 is 0 Å². The molecule has 1 aliphatic heterocycles. The van der Waals surface area contributed by atoms with Crippen LogP contribution in [-0.2, 0) is 0 Å². The Kier molecular flexibility index (Phi) is 1.77. The lowest BCUT2D eigenvalue weighted by atomic mass is 9.96. The van der Waals surface area contributed by atoms with E-state index < -0.39 is 0 Å². The largest absolute Gasteiger partial charge is 0.279 e. The Labute approximate surface area is 91.8 Å². The summed E-state index contributed by atoms with van der Waals surface area (Å²) in [5, 5.41) is 10.9. The van der Waals surface area contributed by atoms with Crippen LogP contribution in [0.3, 0.4) is 0 Å². The van der Waals surface area contributed by atoms with Crippen molar-refractivity contribution in [3.63, 3.8) is 0 Å². The van der Waals surface area contributed by atoms with E-state index in [0.29, 0.717) is 11.3 Å². The minimum absolute atomic E-state index is 0.137. The highest BCUT2D eigenvalue weighted by molar-refractivity contribution is 6.31. The Morgan fingerprint density at radius 1 is 1.38 bits per heavy atom. The molecule has 0 amide bonds. The summed E-state index contributed by atoms with van der Waals surface area (Å²) < 4.78 is 0. The van der Waals surface area contributed by atoms with E-state index in [4.69, 9.17) is 0 Å². The normalized spacial score (nSPS) is 16.2. The lowest BCUT2D eigenvalue weighted by Gasteiger charge is -2.05. The molecule has 0 aromatic heterocycles. The van der Waals surface area contributed by atoms with Crippen LogP contribution in [-0.4, -0.2) is 10.6 Å². The van der Waals surface area contributed by atoms with E-state index in [1.165, 1.54) is 6.07 Å². The molecule has 78 valence electrons. The van der Waals surface area contributed by atoms with Crippen LogP contribution in [0.15, 0.2) is 41.4 Å². The molecule has 0 saturated carbocycles. The summed E-state index contributed by atoms with van der Waals surface area (Å²) in [4.78, 5) is 15.0. The molecule has 0 spiro atoms. The van der Waals surface area contributed by atoms with E-state index >= 15 is 0 Å². The molecule has 3 rings (SSSR count). The maximum atomic E-state index is 10.9. The van der Waals surface area contributed by atoms with Crippen molar-refractivity contribution in [2.24, 2.45) is 4.99 Å². The molecule has 1 aromatic rings. The highest BCUT2D eigenvalue weighted by Gasteiger charge is 2.28. The second kappa shape index (κ2) is 3.13. The molecule has 4 nitrogen and oxygen atoms in total. The van der Waals surface area contributed by atoms with Crippen molar-refractivity contribution >= 4 is 22.7 Å². The molecule has 16 heavy (non-hydrogen) atoms. The minimum atomic E-state index is -0.351. The molecule has 0 saturated heterocycles. The van der Waals surface area contributed by atoms with E-state index in [-0.39, 0.29) is 10.6 Å². The molecule has 1 aliphatic carbocycles. The van der Waals surface area contributed by atoms with Gasteiger partial charge in [-0.25, -0.2) is 0 Å². The maximum Gasteiger partial charge on any atom is 0.279 e. The number of nitro groups is 1. The summed E-state index contributed by atoms with van der Waals surface area (Å²) in [7, 11) is 0. The molecule has 1 aromatic carbocycles. The highest BCUT2D eigenvalue weighted by atomic mass is 16.6. The molecule has 0 fully saturated rings. The van der Waals surface area contributed by atoms with Crippen LogP contribution in [0.2, 0.25) is 0 Å². The number of fused-ring (bicyclic) bond motifs is 3. The summed E-state index contributed by atoms with van der Waals surface area (Å²) >= 11 is 0. The Bertz CT molecular complexity index is 583. The zero-order valence-electron chi connectivity index (χ0n) is 8.38. The van der Waals surface area contributed by atoms with Crippen molar-refractivity contribution in [2.45, 2.75) is 6.42 Å². The molecule has 0 atom stereocenters. The number of aliphatic imine (C=N–C) groups is 1. The van der Waals surface area contributed by atoms with Crippen LogP contribution in [0.25, 0.3) is 5.57 Å². The fourth-order valence-electron chi connectivity index (χ4n) is 2.08. The van der Waals surface area contributed by atoms with Gasteiger partial charge in [0.2, 0.25) is 0 Å². The van der Waals surface area contributed by atoms with Gasteiger partial charge in [-0.1, -0.05) is 24.3 Å². The van der Waals surface area contributed by atoms with Gasteiger partial charge in [-0.15, -0.1) is 0 Å². The molecule has 0 radical (unpaired) electrons. The Balaban J connectivity index is 2.28. The number of nitrogens with zero attached hydrogens (tertiary/aromatic N) is 2. The van der Waals surface area contributed by atoms with E-state index in [1.807, 2.05) is 24.3 Å². The van der Waals surface area contributed by atoms with Gasteiger partial charge in [0.15, 0.2) is 0 Å². The third-order valence-corrected chi connectivity index (χ3v) is 2.76. The number of hydrogen-bond acceptors (Lipinski definition) is 3. The summed E-state index contributed by atoms with van der Waals surface area (Å²) in [5.74, 6) is 0. The van der Waals surface area contributed by atoms with Gasteiger partial charge in [-0.2, -0.15) is 0 Å². The SMILES string of the molecule is O=[N+]([O-])c1cccc2c1C1=CC=CCC1=N2. The Morgan fingerprint density at radius 3 is 3.06 bits per heavy atom. The predicted octanol–water partition coefficient (Wildman–Crippen LogP) is 3.02. The van der Waals surface area contributed by atoms with E-state index in [0.717, 1.165) is 17.7 Å². The first-order valence-electron chi connectivity index (χ1n) is 5.00. The molecule has 0 unspecified atom stereocenters. The van der Waals surface area contributed by atoms with Crippen molar-refractivity contribution in [3.8, 4) is 0 Å². The average Bonchev–Trinajstić information content (AvgIpc) is 2.66. The van der Waals surface area contributed by atoms with Crippen LogP contribution in [0.4, 0.5) is 11.4 Å². The minimum Gasteiger partial charge on any atom is -0.258 e. The molecule has 2 aliphatic rings. The summed E-state index contributed by atoms with van der Waals surface area (Å²) in [5.41, 5.74) is 3.32. The number of rotatable bonds is 1. The molecule has 0 bridgehead atoms. The van der Waals surface area contributed by atoms with Crippen LogP contribution in [0, 0.1) is 10.1 Å². The zero-order valence-corrected chi connectivity index (χ0v) is 8.38. The first-order chi connectivity index (χ1) is 7.77. The standard InChI is InChI=1S/C12H8N2O2/c15-14(16)11-7-3-6-10-12(11)8-4-1-2-5-9(8)13-10/h1-4,6-7H,5H2. The highest BCUT2D eigenvalue weighted by Crippen LogP contribution is 2.42. The number of hydrogen-bond donors (Lipinski definition) is 0. The first-order valence-corrected chi connectivity index (χ1v) is 5.00. The second-order valence-corrected chi connectivity index (χ2v) is 3.70. The first kappa shape index (κ1) is 9.03. The number of nitro benzene ring substituents is 1.